The van der Waals surface area contributed by atoms with Gasteiger partial charge in [0.1, 0.15) is 11.6 Å². The fourth-order valence-corrected chi connectivity index (χ4v) is 4.04. The third-order valence-electron chi connectivity index (χ3n) is 5.80. The Morgan fingerprint density at radius 3 is 2.53 bits per heavy atom. The lowest BCUT2D eigenvalue weighted by molar-refractivity contribution is 0.0365. The van der Waals surface area contributed by atoms with Gasteiger partial charge in [-0.1, -0.05) is 31.2 Å². The number of hydrogen-bond donors (Lipinski definition) is 1. The number of fused-ring (bicyclic) bond motifs is 1. The quantitative estimate of drug-likeness (QED) is 0.582. The number of aliphatic hydroxyl groups excluding tert-OH is 1. The molecule has 1 aliphatic rings. The molecule has 0 atom stereocenters. The number of hydrogen-bond acceptors (Lipinski definition) is 5. The highest BCUT2D eigenvalue weighted by Gasteiger charge is 2.19. The third kappa shape index (κ3) is 4.70. The van der Waals surface area contributed by atoms with Crippen LogP contribution in [0.5, 0.6) is 5.75 Å². The summed E-state index contributed by atoms with van der Waals surface area (Å²) in [5.41, 5.74) is 2.00. The van der Waals surface area contributed by atoms with Crippen molar-refractivity contribution >= 4 is 10.9 Å². The molecule has 3 aromatic rings. The number of benzene rings is 2. The van der Waals surface area contributed by atoms with Gasteiger partial charge in [0.05, 0.1) is 37.3 Å². The van der Waals surface area contributed by atoms with E-state index in [1.165, 1.54) is 6.07 Å². The molecule has 0 saturated carbocycles. The number of pyridine rings is 1. The van der Waals surface area contributed by atoms with Crippen molar-refractivity contribution in [3.05, 3.63) is 64.2 Å². The summed E-state index contributed by atoms with van der Waals surface area (Å²) in [6.07, 6.45) is 2.61. The molecule has 0 aliphatic carbocycles. The lowest BCUT2D eigenvalue weighted by atomic mass is 10.0. The van der Waals surface area contributed by atoms with E-state index in [4.69, 9.17) is 9.47 Å². The highest BCUT2D eigenvalue weighted by Crippen LogP contribution is 2.29. The molecule has 4 rings (SSSR count). The number of halogens is 1. The molecular formula is C25H29FN2O4. The average Bonchev–Trinajstić information content (AvgIpc) is 2.84. The van der Waals surface area contributed by atoms with Gasteiger partial charge in [0, 0.05) is 37.9 Å². The van der Waals surface area contributed by atoms with Crippen LogP contribution in [0.25, 0.3) is 22.0 Å². The normalized spacial score (nSPS) is 14.7. The lowest BCUT2D eigenvalue weighted by Gasteiger charge is -2.27. The predicted molar refractivity (Wildman–Crippen MR) is 123 cm³/mol. The summed E-state index contributed by atoms with van der Waals surface area (Å²) in [6.45, 7) is 6.86. The zero-order valence-electron chi connectivity index (χ0n) is 18.3. The first kappa shape index (κ1) is 22.5. The molecule has 1 aliphatic heterocycles. The molecular weight excluding hydrogens is 411 g/mol. The molecule has 170 valence electrons. The minimum absolute atomic E-state index is 0.0457. The molecule has 2 aromatic carbocycles. The molecule has 0 radical (unpaired) electrons. The summed E-state index contributed by atoms with van der Waals surface area (Å²) in [5.74, 6) is -0.0349. The number of aliphatic hydroxyl groups is 1. The van der Waals surface area contributed by atoms with Gasteiger partial charge < -0.3 is 19.1 Å². The maximum absolute atomic E-state index is 15.0. The second-order valence-corrected chi connectivity index (χ2v) is 7.99. The zero-order chi connectivity index (χ0) is 22.5. The van der Waals surface area contributed by atoms with Crippen LogP contribution in [0.2, 0.25) is 0 Å². The van der Waals surface area contributed by atoms with Crippen LogP contribution in [-0.2, 0) is 17.9 Å². The standard InChI is InChI=1S/C25H29FN2O4/c1-2-13-32-22-8-7-21(26)23-24(22)28(10-9-27-11-14-31-15-12-27)16-20(25(23)30)19-5-3-18(17-29)4-6-19/h3-8,16,29H,2,9-15,17H2,1H3. The third-order valence-corrected chi connectivity index (χ3v) is 5.80. The molecule has 1 N–H and O–H groups in total. The van der Waals surface area contributed by atoms with Crippen molar-refractivity contribution in [2.24, 2.45) is 0 Å². The Hall–Kier alpha value is -2.74. The number of aromatic nitrogens is 1. The molecule has 1 saturated heterocycles. The Morgan fingerprint density at radius 2 is 1.84 bits per heavy atom. The Morgan fingerprint density at radius 1 is 1.09 bits per heavy atom. The first-order valence-corrected chi connectivity index (χ1v) is 11.1. The maximum atomic E-state index is 15.0. The van der Waals surface area contributed by atoms with Gasteiger partial charge in [0.25, 0.3) is 0 Å². The van der Waals surface area contributed by atoms with E-state index in [1.807, 2.05) is 11.5 Å². The van der Waals surface area contributed by atoms with Crippen molar-refractivity contribution < 1.29 is 19.0 Å². The zero-order valence-corrected chi connectivity index (χ0v) is 18.3. The van der Waals surface area contributed by atoms with Gasteiger partial charge in [-0.25, -0.2) is 4.39 Å². The summed E-state index contributed by atoms with van der Waals surface area (Å²) in [5, 5.41) is 9.37. The molecule has 1 fully saturated rings. The van der Waals surface area contributed by atoms with Crippen LogP contribution < -0.4 is 10.2 Å². The van der Waals surface area contributed by atoms with Gasteiger partial charge in [0.2, 0.25) is 0 Å². The average molecular weight is 441 g/mol. The molecule has 0 unspecified atom stereocenters. The SMILES string of the molecule is CCCOc1ccc(F)c2c(=O)c(-c3ccc(CO)cc3)cn(CCN3CCOCC3)c12. The number of nitrogens with zero attached hydrogens (tertiary/aromatic N) is 2. The molecule has 0 bridgehead atoms. The van der Waals surface area contributed by atoms with Crippen LogP contribution in [-0.4, -0.2) is 54.0 Å². The monoisotopic (exact) mass is 440 g/mol. The fourth-order valence-electron chi connectivity index (χ4n) is 4.04. The minimum Gasteiger partial charge on any atom is -0.491 e. The van der Waals surface area contributed by atoms with Crippen LogP contribution in [0.15, 0.2) is 47.4 Å². The van der Waals surface area contributed by atoms with Gasteiger partial charge in [0.15, 0.2) is 5.43 Å². The summed E-state index contributed by atoms with van der Waals surface area (Å²) < 4.78 is 28.3. The highest BCUT2D eigenvalue weighted by atomic mass is 19.1. The van der Waals surface area contributed by atoms with Crippen molar-refractivity contribution in [3.8, 4) is 16.9 Å². The number of rotatable bonds is 8. The van der Waals surface area contributed by atoms with E-state index < -0.39 is 5.82 Å². The van der Waals surface area contributed by atoms with Gasteiger partial charge in [-0.05, 0) is 29.7 Å². The Kier molecular flexibility index (Phi) is 7.19. The van der Waals surface area contributed by atoms with Crippen LogP contribution in [0.3, 0.4) is 0 Å². The fraction of sp³-hybridized carbons (Fsp3) is 0.400. The van der Waals surface area contributed by atoms with Crippen LogP contribution in [0, 0.1) is 5.82 Å². The second-order valence-electron chi connectivity index (χ2n) is 7.99. The molecule has 7 heteroatoms. The Bertz CT molecular complexity index is 1120. The molecule has 2 heterocycles. The van der Waals surface area contributed by atoms with Crippen molar-refractivity contribution in [2.75, 3.05) is 39.5 Å². The molecule has 6 nitrogen and oxygen atoms in total. The van der Waals surface area contributed by atoms with Crippen LogP contribution >= 0.6 is 0 Å². The van der Waals surface area contributed by atoms with Crippen molar-refractivity contribution in [2.45, 2.75) is 26.5 Å². The van der Waals surface area contributed by atoms with E-state index >= 15 is 4.39 Å². The van der Waals surface area contributed by atoms with Crippen molar-refractivity contribution in [1.29, 1.82) is 0 Å². The first-order valence-electron chi connectivity index (χ1n) is 11.1. The van der Waals surface area contributed by atoms with E-state index in [0.29, 0.717) is 48.8 Å². The Balaban J connectivity index is 1.84. The summed E-state index contributed by atoms with van der Waals surface area (Å²) in [7, 11) is 0. The van der Waals surface area contributed by atoms with Crippen LogP contribution in [0.1, 0.15) is 18.9 Å². The van der Waals surface area contributed by atoms with Crippen LogP contribution in [0.4, 0.5) is 4.39 Å². The number of ether oxygens (including phenoxy) is 2. The van der Waals surface area contributed by atoms with Gasteiger partial charge >= 0.3 is 0 Å². The van der Waals surface area contributed by atoms with Crippen molar-refractivity contribution in [3.63, 3.8) is 0 Å². The topological polar surface area (TPSA) is 63.9 Å². The summed E-state index contributed by atoms with van der Waals surface area (Å²) in [4.78, 5) is 15.7. The molecule has 1 aromatic heterocycles. The van der Waals surface area contributed by atoms with E-state index in [0.717, 1.165) is 31.6 Å². The minimum atomic E-state index is -0.553. The predicted octanol–water partition coefficient (Wildman–Crippen LogP) is 3.42. The van der Waals surface area contributed by atoms with Gasteiger partial charge in [-0.2, -0.15) is 0 Å². The maximum Gasteiger partial charge on any atom is 0.200 e. The van der Waals surface area contributed by atoms with Gasteiger partial charge in [-0.15, -0.1) is 0 Å². The van der Waals surface area contributed by atoms with E-state index in [2.05, 4.69) is 4.90 Å². The van der Waals surface area contributed by atoms with Gasteiger partial charge in [-0.3, -0.25) is 9.69 Å². The largest absolute Gasteiger partial charge is 0.491 e. The highest BCUT2D eigenvalue weighted by molar-refractivity contribution is 5.89. The molecule has 32 heavy (non-hydrogen) atoms. The lowest BCUT2D eigenvalue weighted by Crippen LogP contribution is -2.38. The molecule has 0 amide bonds. The Labute approximate surface area is 186 Å². The first-order chi connectivity index (χ1) is 15.6. The number of morpholine rings is 1. The second kappa shape index (κ2) is 10.3. The molecule has 0 spiro atoms. The van der Waals surface area contributed by atoms with Crippen molar-refractivity contribution in [1.82, 2.24) is 9.47 Å². The van der Waals surface area contributed by atoms with E-state index in [-0.39, 0.29) is 17.4 Å². The van der Waals surface area contributed by atoms with E-state index in [1.54, 1.807) is 36.5 Å². The summed E-state index contributed by atoms with van der Waals surface area (Å²) >= 11 is 0. The smallest absolute Gasteiger partial charge is 0.200 e. The summed E-state index contributed by atoms with van der Waals surface area (Å²) in [6, 6.07) is 10.0. The van der Waals surface area contributed by atoms with E-state index in [9.17, 15) is 9.90 Å².